The number of amides is 2. The Hall–Kier alpha value is -2.96. The standard InChI is InChI=1S/C13H12N4O3/c1-8-2-3-9(12(18)19)6-10(8)16-13(20)17-11-7-14-4-5-15-11/h2-7H,1H3,(H,18,19)(H2,15,16,17,20). The van der Waals surface area contributed by atoms with Gasteiger partial charge in [-0.15, -0.1) is 0 Å². The number of rotatable bonds is 3. The zero-order chi connectivity index (χ0) is 14.5. The van der Waals surface area contributed by atoms with Gasteiger partial charge in [0.05, 0.1) is 11.8 Å². The van der Waals surface area contributed by atoms with E-state index in [1.54, 1.807) is 13.0 Å². The molecule has 0 unspecified atom stereocenters. The van der Waals surface area contributed by atoms with Crippen LogP contribution in [0.15, 0.2) is 36.8 Å². The maximum atomic E-state index is 11.8. The van der Waals surface area contributed by atoms with Crippen molar-refractivity contribution in [3.05, 3.63) is 47.9 Å². The molecule has 2 amide bonds. The summed E-state index contributed by atoms with van der Waals surface area (Å²) in [6.45, 7) is 1.77. The number of aryl methyl sites for hydroxylation is 1. The Balaban J connectivity index is 2.11. The molecule has 7 nitrogen and oxygen atoms in total. The largest absolute Gasteiger partial charge is 0.478 e. The quantitative estimate of drug-likeness (QED) is 0.793. The van der Waals surface area contributed by atoms with Crippen LogP contribution in [0.25, 0.3) is 0 Å². The van der Waals surface area contributed by atoms with Crippen LogP contribution in [-0.2, 0) is 0 Å². The highest BCUT2D eigenvalue weighted by Crippen LogP contribution is 2.17. The van der Waals surface area contributed by atoms with Gasteiger partial charge >= 0.3 is 12.0 Å². The van der Waals surface area contributed by atoms with Gasteiger partial charge in [-0.25, -0.2) is 14.6 Å². The summed E-state index contributed by atoms with van der Waals surface area (Å²) in [6, 6.07) is 3.98. The lowest BCUT2D eigenvalue weighted by Crippen LogP contribution is -2.21. The number of hydrogen-bond acceptors (Lipinski definition) is 4. The summed E-state index contributed by atoms with van der Waals surface area (Å²) in [4.78, 5) is 30.4. The van der Waals surface area contributed by atoms with Crippen molar-refractivity contribution in [1.29, 1.82) is 0 Å². The van der Waals surface area contributed by atoms with Crippen LogP contribution in [0.1, 0.15) is 15.9 Å². The van der Waals surface area contributed by atoms with Crippen LogP contribution in [0.2, 0.25) is 0 Å². The molecule has 0 spiro atoms. The molecular weight excluding hydrogens is 260 g/mol. The lowest BCUT2D eigenvalue weighted by atomic mass is 10.1. The van der Waals surface area contributed by atoms with Crippen molar-refractivity contribution >= 4 is 23.5 Å². The molecule has 0 saturated heterocycles. The van der Waals surface area contributed by atoms with E-state index in [9.17, 15) is 9.59 Å². The van der Waals surface area contributed by atoms with Gasteiger partial charge in [-0.2, -0.15) is 0 Å². The lowest BCUT2D eigenvalue weighted by Gasteiger charge is -2.10. The Labute approximate surface area is 114 Å². The van der Waals surface area contributed by atoms with E-state index in [2.05, 4.69) is 20.6 Å². The second-order valence-electron chi connectivity index (χ2n) is 4.00. The molecule has 1 heterocycles. The van der Waals surface area contributed by atoms with Gasteiger partial charge in [-0.05, 0) is 24.6 Å². The third-order valence-electron chi connectivity index (χ3n) is 2.54. The molecule has 2 rings (SSSR count). The van der Waals surface area contributed by atoms with Crippen molar-refractivity contribution in [1.82, 2.24) is 9.97 Å². The summed E-state index contributed by atoms with van der Waals surface area (Å²) in [5, 5.41) is 14.0. The number of aromatic nitrogens is 2. The number of urea groups is 1. The van der Waals surface area contributed by atoms with Gasteiger partial charge in [0.1, 0.15) is 0 Å². The number of hydrogen-bond donors (Lipinski definition) is 3. The van der Waals surface area contributed by atoms with Crippen LogP contribution >= 0.6 is 0 Å². The molecule has 0 aliphatic carbocycles. The van der Waals surface area contributed by atoms with E-state index in [0.717, 1.165) is 5.56 Å². The van der Waals surface area contributed by atoms with Crippen molar-refractivity contribution < 1.29 is 14.7 Å². The first-order chi connectivity index (χ1) is 9.56. The molecule has 0 aliphatic heterocycles. The lowest BCUT2D eigenvalue weighted by molar-refractivity contribution is 0.0697. The number of carboxylic acids is 1. The smallest absolute Gasteiger partial charge is 0.335 e. The molecule has 0 aliphatic rings. The predicted octanol–water partition coefficient (Wildman–Crippen LogP) is 2.13. The van der Waals surface area contributed by atoms with Crippen molar-refractivity contribution in [2.75, 3.05) is 10.6 Å². The first-order valence-corrected chi connectivity index (χ1v) is 5.74. The molecular formula is C13H12N4O3. The van der Waals surface area contributed by atoms with Crippen molar-refractivity contribution in [2.45, 2.75) is 6.92 Å². The van der Waals surface area contributed by atoms with Crippen LogP contribution in [0.5, 0.6) is 0 Å². The molecule has 102 valence electrons. The minimum absolute atomic E-state index is 0.102. The zero-order valence-electron chi connectivity index (χ0n) is 10.6. The Bertz CT molecular complexity index is 643. The second kappa shape index (κ2) is 5.79. The van der Waals surface area contributed by atoms with Gasteiger partial charge in [-0.3, -0.25) is 10.3 Å². The molecule has 20 heavy (non-hydrogen) atoms. The fourth-order valence-electron chi connectivity index (χ4n) is 1.52. The number of aromatic carboxylic acids is 1. The summed E-state index contributed by atoms with van der Waals surface area (Å²) in [5.41, 5.74) is 1.28. The van der Waals surface area contributed by atoms with E-state index in [1.165, 1.54) is 30.7 Å². The molecule has 1 aromatic heterocycles. The molecule has 1 aromatic carbocycles. The van der Waals surface area contributed by atoms with E-state index in [4.69, 9.17) is 5.11 Å². The molecule has 0 atom stereocenters. The number of nitrogens with zero attached hydrogens (tertiary/aromatic N) is 2. The Morgan fingerprint density at radius 1 is 1.20 bits per heavy atom. The summed E-state index contributed by atoms with van der Waals surface area (Å²) in [6.07, 6.45) is 4.34. The Kier molecular flexibility index (Phi) is 3.90. The highest BCUT2D eigenvalue weighted by atomic mass is 16.4. The van der Waals surface area contributed by atoms with E-state index in [-0.39, 0.29) is 5.56 Å². The molecule has 0 bridgehead atoms. The fourth-order valence-corrected chi connectivity index (χ4v) is 1.52. The average molecular weight is 272 g/mol. The number of carbonyl (C=O) groups is 2. The first kappa shape index (κ1) is 13.5. The van der Waals surface area contributed by atoms with Gasteiger partial charge in [0.15, 0.2) is 5.82 Å². The molecule has 7 heteroatoms. The normalized spacial score (nSPS) is 9.85. The summed E-state index contributed by atoms with van der Waals surface area (Å²) < 4.78 is 0. The number of carbonyl (C=O) groups excluding carboxylic acids is 1. The summed E-state index contributed by atoms with van der Waals surface area (Å²) in [7, 11) is 0. The van der Waals surface area contributed by atoms with Gasteiger partial charge in [0.2, 0.25) is 0 Å². The van der Waals surface area contributed by atoms with Gasteiger partial charge in [0.25, 0.3) is 0 Å². The molecule has 0 saturated carbocycles. The van der Waals surface area contributed by atoms with Gasteiger partial charge < -0.3 is 10.4 Å². The highest BCUT2D eigenvalue weighted by Gasteiger charge is 2.09. The molecule has 0 fully saturated rings. The number of benzene rings is 1. The Morgan fingerprint density at radius 2 is 2.00 bits per heavy atom. The summed E-state index contributed by atoms with van der Waals surface area (Å²) >= 11 is 0. The first-order valence-electron chi connectivity index (χ1n) is 5.74. The van der Waals surface area contributed by atoms with Crippen LogP contribution in [-0.4, -0.2) is 27.1 Å². The van der Waals surface area contributed by atoms with Crippen LogP contribution in [0.4, 0.5) is 16.3 Å². The minimum Gasteiger partial charge on any atom is -0.478 e. The van der Waals surface area contributed by atoms with Crippen molar-refractivity contribution in [2.24, 2.45) is 0 Å². The van der Waals surface area contributed by atoms with E-state index < -0.39 is 12.0 Å². The minimum atomic E-state index is -1.05. The monoisotopic (exact) mass is 272 g/mol. The molecule has 0 radical (unpaired) electrons. The topological polar surface area (TPSA) is 104 Å². The van der Waals surface area contributed by atoms with Gasteiger partial charge in [0, 0.05) is 18.1 Å². The van der Waals surface area contributed by atoms with Crippen molar-refractivity contribution in [3.63, 3.8) is 0 Å². The van der Waals surface area contributed by atoms with Crippen molar-refractivity contribution in [3.8, 4) is 0 Å². The second-order valence-corrected chi connectivity index (χ2v) is 4.00. The maximum absolute atomic E-state index is 11.8. The third-order valence-corrected chi connectivity index (χ3v) is 2.54. The average Bonchev–Trinajstić information content (AvgIpc) is 2.42. The highest BCUT2D eigenvalue weighted by molar-refractivity contribution is 6.00. The summed E-state index contributed by atoms with van der Waals surface area (Å²) in [5.74, 6) is -0.751. The molecule has 3 N–H and O–H groups in total. The zero-order valence-corrected chi connectivity index (χ0v) is 10.6. The number of anilines is 2. The SMILES string of the molecule is Cc1ccc(C(=O)O)cc1NC(=O)Nc1cnccn1. The number of carboxylic acid groups (broad SMARTS) is 1. The van der Waals surface area contributed by atoms with E-state index in [0.29, 0.717) is 11.5 Å². The van der Waals surface area contributed by atoms with Gasteiger partial charge in [-0.1, -0.05) is 6.07 Å². The third kappa shape index (κ3) is 3.29. The number of nitrogens with one attached hydrogen (secondary N) is 2. The van der Waals surface area contributed by atoms with E-state index in [1.807, 2.05) is 0 Å². The van der Waals surface area contributed by atoms with Crippen LogP contribution in [0.3, 0.4) is 0 Å². The molecule has 2 aromatic rings. The van der Waals surface area contributed by atoms with Crippen LogP contribution in [0, 0.1) is 6.92 Å². The fraction of sp³-hybridized carbons (Fsp3) is 0.0769. The Morgan fingerprint density at radius 3 is 2.65 bits per heavy atom. The predicted molar refractivity (Wildman–Crippen MR) is 72.8 cm³/mol. The van der Waals surface area contributed by atoms with Crippen LogP contribution < -0.4 is 10.6 Å². The van der Waals surface area contributed by atoms with E-state index >= 15 is 0 Å². The maximum Gasteiger partial charge on any atom is 0.335 e.